The molecule has 0 unspecified atom stereocenters. The fraction of sp³-hybridized carbons (Fsp3) is 0.368. The SMILES string of the molecule is C=C(C)/C(=C\N=C(C)C)C(=O)N(CC)c1c(C)cccc1C. The van der Waals surface area contributed by atoms with Crippen molar-refractivity contribution in [3.8, 4) is 0 Å². The van der Waals surface area contributed by atoms with E-state index in [1.165, 1.54) is 0 Å². The van der Waals surface area contributed by atoms with E-state index in [1.807, 2.05) is 59.7 Å². The van der Waals surface area contributed by atoms with Crippen molar-refractivity contribution < 1.29 is 4.79 Å². The summed E-state index contributed by atoms with van der Waals surface area (Å²) in [5.74, 6) is -0.0580. The lowest BCUT2D eigenvalue weighted by molar-refractivity contribution is -0.114. The molecule has 0 saturated carbocycles. The number of amides is 1. The van der Waals surface area contributed by atoms with E-state index in [2.05, 4.69) is 11.6 Å². The minimum absolute atomic E-state index is 0.0580. The largest absolute Gasteiger partial charge is 0.308 e. The summed E-state index contributed by atoms with van der Waals surface area (Å²) in [6.07, 6.45) is 1.62. The maximum atomic E-state index is 13.0. The van der Waals surface area contributed by atoms with Crippen LogP contribution in [0, 0.1) is 13.8 Å². The van der Waals surface area contributed by atoms with E-state index in [-0.39, 0.29) is 5.91 Å². The lowest BCUT2D eigenvalue weighted by Crippen LogP contribution is -2.33. The molecule has 0 saturated heterocycles. The van der Waals surface area contributed by atoms with Crippen LogP contribution < -0.4 is 4.90 Å². The molecule has 0 radical (unpaired) electrons. The lowest BCUT2D eigenvalue weighted by Gasteiger charge is -2.26. The average Bonchev–Trinajstić information content (AvgIpc) is 2.42. The molecule has 1 amide bonds. The minimum atomic E-state index is -0.0580. The number of nitrogens with zero attached hydrogens (tertiary/aromatic N) is 2. The number of hydrogen-bond acceptors (Lipinski definition) is 2. The van der Waals surface area contributed by atoms with Crippen molar-refractivity contribution in [2.75, 3.05) is 11.4 Å². The third kappa shape index (κ3) is 4.17. The van der Waals surface area contributed by atoms with Crippen LogP contribution in [0.15, 0.2) is 47.1 Å². The topological polar surface area (TPSA) is 32.7 Å². The van der Waals surface area contributed by atoms with Crippen molar-refractivity contribution in [3.63, 3.8) is 0 Å². The Morgan fingerprint density at radius 1 is 1.23 bits per heavy atom. The Hall–Kier alpha value is -2.16. The predicted molar refractivity (Wildman–Crippen MR) is 95.6 cm³/mol. The zero-order valence-corrected chi connectivity index (χ0v) is 14.5. The van der Waals surface area contributed by atoms with Gasteiger partial charge in [0.1, 0.15) is 0 Å². The van der Waals surface area contributed by atoms with Crippen LogP contribution in [-0.4, -0.2) is 18.2 Å². The third-order valence-corrected chi connectivity index (χ3v) is 3.41. The minimum Gasteiger partial charge on any atom is -0.308 e. The summed E-state index contributed by atoms with van der Waals surface area (Å²) in [6, 6.07) is 6.06. The van der Waals surface area contributed by atoms with Crippen molar-refractivity contribution in [2.45, 2.75) is 41.5 Å². The van der Waals surface area contributed by atoms with Crippen molar-refractivity contribution in [2.24, 2.45) is 4.99 Å². The fourth-order valence-electron chi connectivity index (χ4n) is 2.32. The summed E-state index contributed by atoms with van der Waals surface area (Å²) in [5, 5.41) is 0. The third-order valence-electron chi connectivity index (χ3n) is 3.41. The predicted octanol–water partition coefficient (Wildman–Crippen LogP) is 4.60. The first-order valence-corrected chi connectivity index (χ1v) is 7.54. The van der Waals surface area contributed by atoms with E-state index in [9.17, 15) is 4.79 Å². The highest BCUT2D eigenvalue weighted by Gasteiger charge is 2.21. The average molecular weight is 298 g/mol. The maximum Gasteiger partial charge on any atom is 0.260 e. The summed E-state index contributed by atoms with van der Waals surface area (Å²) in [4.78, 5) is 19.0. The van der Waals surface area contributed by atoms with E-state index in [4.69, 9.17) is 0 Å². The Bertz CT molecular complexity index is 615. The Morgan fingerprint density at radius 2 is 1.77 bits per heavy atom. The number of likely N-dealkylation sites (N-methyl/N-ethyl adjacent to an activating group) is 1. The number of aliphatic imine (C=N–C) groups is 1. The molecular weight excluding hydrogens is 272 g/mol. The van der Waals surface area contributed by atoms with Crippen LogP contribution in [0.1, 0.15) is 38.8 Å². The van der Waals surface area contributed by atoms with E-state index in [1.54, 1.807) is 11.1 Å². The quantitative estimate of drug-likeness (QED) is 0.444. The van der Waals surface area contributed by atoms with Crippen LogP contribution in [0.2, 0.25) is 0 Å². The molecule has 1 aromatic rings. The Kier molecular flexibility index (Phi) is 6.29. The number of carbonyl (C=O) groups excluding carboxylic acids is 1. The number of hydrogen-bond donors (Lipinski definition) is 0. The van der Waals surface area contributed by atoms with Gasteiger partial charge in [-0.3, -0.25) is 9.79 Å². The molecule has 0 fully saturated rings. The van der Waals surface area contributed by atoms with Crippen LogP contribution >= 0.6 is 0 Å². The summed E-state index contributed by atoms with van der Waals surface area (Å²) in [7, 11) is 0. The zero-order valence-electron chi connectivity index (χ0n) is 14.5. The zero-order chi connectivity index (χ0) is 16.9. The first-order valence-electron chi connectivity index (χ1n) is 7.54. The van der Waals surface area contributed by atoms with Crippen molar-refractivity contribution >= 4 is 17.3 Å². The van der Waals surface area contributed by atoms with E-state index in [0.717, 1.165) is 28.1 Å². The standard InChI is InChI=1S/C19H26N2O/c1-8-21(18-15(6)10-9-11-16(18)7)19(22)17(13(2)3)12-20-14(4)5/h9-12H,2,8H2,1,3-7H3/b17-12+. The number of benzene rings is 1. The maximum absolute atomic E-state index is 13.0. The molecule has 0 aliphatic heterocycles. The van der Waals surface area contributed by atoms with Gasteiger partial charge in [0.15, 0.2) is 0 Å². The molecule has 1 aromatic carbocycles. The molecule has 0 aliphatic rings. The van der Waals surface area contributed by atoms with Gasteiger partial charge in [0.2, 0.25) is 0 Å². The molecule has 118 valence electrons. The smallest absolute Gasteiger partial charge is 0.260 e. The van der Waals surface area contributed by atoms with E-state index < -0.39 is 0 Å². The van der Waals surface area contributed by atoms with E-state index >= 15 is 0 Å². The highest BCUT2D eigenvalue weighted by molar-refractivity contribution is 6.09. The van der Waals surface area contributed by atoms with Crippen LogP contribution in [0.5, 0.6) is 0 Å². The van der Waals surface area contributed by atoms with Gasteiger partial charge in [-0.15, -0.1) is 0 Å². The molecule has 22 heavy (non-hydrogen) atoms. The number of carbonyl (C=O) groups is 1. The molecule has 0 aromatic heterocycles. The Labute approximate surface area is 134 Å². The van der Waals surface area contributed by atoms with Gasteiger partial charge >= 0.3 is 0 Å². The molecule has 0 heterocycles. The van der Waals surface area contributed by atoms with Crippen molar-refractivity contribution in [1.82, 2.24) is 0 Å². The normalized spacial score (nSPS) is 11.1. The summed E-state index contributed by atoms with van der Waals surface area (Å²) < 4.78 is 0. The molecular formula is C19H26N2O. The Morgan fingerprint density at radius 3 is 2.18 bits per heavy atom. The van der Waals surface area contributed by atoms with Crippen LogP contribution in [0.4, 0.5) is 5.69 Å². The van der Waals surface area contributed by atoms with Crippen LogP contribution in [-0.2, 0) is 4.79 Å². The van der Waals surface area contributed by atoms with Gasteiger partial charge in [-0.1, -0.05) is 24.8 Å². The summed E-state index contributed by atoms with van der Waals surface area (Å²) in [6.45, 7) is 16.2. The molecule has 0 aliphatic carbocycles. The van der Waals surface area contributed by atoms with Gasteiger partial charge in [0, 0.05) is 24.1 Å². The van der Waals surface area contributed by atoms with Crippen molar-refractivity contribution in [3.05, 3.63) is 53.3 Å². The second-order valence-corrected chi connectivity index (χ2v) is 5.69. The lowest BCUT2D eigenvalue weighted by atomic mass is 10.0. The molecule has 0 spiro atoms. The van der Waals surface area contributed by atoms with Gasteiger partial charge in [0.05, 0.1) is 5.57 Å². The molecule has 0 N–H and O–H groups in total. The second-order valence-electron chi connectivity index (χ2n) is 5.69. The fourth-order valence-corrected chi connectivity index (χ4v) is 2.32. The second kappa shape index (κ2) is 7.74. The van der Waals surface area contributed by atoms with Gasteiger partial charge in [0.25, 0.3) is 5.91 Å². The summed E-state index contributed by atoms with van der Waals surface area (Å²) in [5.41, 5.74) is 5.32. The van der Waals surface area contributed by atoms with Crippen LogP contribution in [0.25, 0.3) is 0 Å². The van der Waals surface area contributed by atoms with Crippen molar-refractivity contribution in [1.29, 1.82) is 0 Å². The van der Waals surface area contributed by atoms with Gasteiger partial charge in [-0.25, -0.2) is 0 Å². The first-order chi connectivity index (χ1) is 10.3. The molecule has 3 heteroatoms. The molecule has 0 atom stereocenters. The van der Waals surface area contributed by atoms with Gasteiger partial charge < -0.3 is 4.90 Å². The first kappa shape index (κ1) is 17.9. The number of aryl methyl sites for hydroxylation is 2. The molecule has 0 bridgehead atoms. The van der Waals surface area contributed by atoms with E-state index in [0.29, 0.717) is 12.1 Å². The number of rotatable bonds is 5. The number of anilines is 1. The summed E-state index contributed by atoms with van der Waals surface area (Å²) >= 11 is 0. The molecule has 3 nitrogen and oxygen atoms in total. The highest BCUT2D eigenvalue weighted by Crippen LogP contribution is 2.27. The van der Waals surface area contributed by atoms with Gasteiger partial charge in [-0.05, 0) is 58.2 Å². The molecule has 1 rings (SSSR count). The monoisotopic (exact) mass is 298 g/mol. The van der Waals surface area contributed by atoms with Crippen LogP contribution in [0.3, 0.4) is 0 Å². The van der Waals surface area contributed by atoms with Gasteiger partial charge in [-0.2, -0.15) is 0 Å². The highest BCUT2D eigenvalue weighted by atomic mass is 16.2. The number of para-hydroxylation sites is 1. The Balaban J connectivity index is 3.34.